The van der Waals surface area contributed by atoms with Crippen LogP contribution in [0.15, 0.2) is 18.2 Å². The third kappa shape index (κ3) is 3.89. The standard InChI is InChI=1S/C13H19ClN2O2/c1-4-18-12-6-5-10(7-11(12)14)16-13(17)8(2)9(3)15/h5-9H,4,15H2,1-3H3,(H,16,17). The molecule has 0 aromatic heterocycles. The molecule has 1 aromatic carbocycles. The summed E-state index contributed by atoms with van der Waals surface area (Å²) in [5.74, 6) is 0.234. The number of amides is 1. The lowest BCUT2D eigenvalue weighted by atomic mass is 10.0. The van der Waals surface area contributed by atoms with Crippen molar-refractivity contribution in [3.05, 3.63) is 23.2 Å². The van der Waals surface area contributed by atoms with Gasteiger partial charge in [-0.2, -0.15) is 0 Å². The van der Waals surface area contributed by atoms with E-state index in [-0.39, 0.29) is 17.9 Å². The number of nitrogens with two attached hydrogens (primary N) is 1. The van der Waals surface area contributed by atoms with E-state index in [0.717, 1.165) is 0 Å². The molecule has 1 aromatic rings. The molecule has 18 heavy (non-hydrogen) atoms. The molecule has 100 valence electrons. The maximum atomic E-state index is 11.8. The van der Waals surface area contributed by atoms with Crippen LogP contribution < -0.4 is 15.8 Å². The Morgan fingerprint density at radius 1 is 1.50 bits per heavy atom. The fourth-order valence-electron chi connectivity index (χ4n) is 1.35. The zero-order valence-electron chi connectivity index (χ0n) is 10.9. The van der Waals surface area contributed by atoms with Gasteiger partial charge < -0.3 is 15.8 Å². The first-order chi connectivity index (χ1) is 8.45. The van der Waals surface area contributed by atoms with Gasteiger partial charge in [0.2, 0.25) is 5.91 Å². The summed E-state index contributed by atoms with van der Waals surface area (Å²) < 4.78 is 5.32. The molecule has 1 rings (SSSR count). The minimum Gasteiger partial charge on any atom is -0.492 e. The van der Waals surface area contributed by atoms with Crippen LogP contribution in [0.1, 0.15) is 20.8 Å². The average molecular weight is 271 g/mol. The van der Waals surface area contributed by atoms with Crippen LogP contribution in [0.2, 0.25) is 5.02 Å². The average Bonchev–Trinajstić information content (AvgIpc) is 2.31. The van der Waals surface area contributed by atoms with Crippen LogP contribution in [0, 0.1) is 5.92 Å². The van der Waals surface area contributed by atoms with Gasteiger partial charge in [-0.1, -0.05) is 18.5 Å². The monoisotopic (exact) mass is 270 g/mol. The van der Waals surface area contributed by atoms with E-state index in [9.17, 15) is 4.79 Å². The van der Waals surface area contributed by atoms with Crippen molar-refractivity contribution in [3.63, 3.8) is 0 Å². The van der Waals surface area contributed by atoms with Crippen LogP contribution >= 0.6 is 11.6 Å². The summed E-state index contributed by atoms with van der Waals surface area (Å²) in [6, 6.07) is 4.96. The van der Waals surface area contributed by atoms with Gasteiger partial charge >= 0.3 is 0 Å². The van der Waals surface area contributed by atoms with Crippen molar-refractivity contribution in [2.75, 3.05) is 11.9 Å². The number of hydrogen-bond donors (Lipinski definition) is 2. The first kappa shape index (κ1) is 14.8. The number of nitrogens with one attached hydrogen (secondary N) is 1. The molecule has 0 fully saturated rings. The normalized spacial score (nSPS) is 13.8. The molecule has 2 atom stereocenters. The number of rotatable bonds is 5. The Labute approximate surface area is 112 Å². The smallest absolute Gasteiger partial charge is 0.228 e. The number of halogens is 1. The van der Waals surface area contributed by atoms with Crippen molar-refractivity contribution in [2.24, 2.45) is 11.7 Å². The van der Waals surface area contributed by atoms with E-state index in [1.54, 1.807) is 32.0 Å². The minimum atomic E-state index is -0.254. The van der Waals surface area contributed by atoms with Gasteiger partial charge in [0, 0.05) is 11.7 Å². The zero-order valence-corrected chi connectivity index (χ0v) is 11.6. The second-order valence-electron chi connectivity index (χ2n) is 4.22. The maximum Gasteiger partial charge on any atom is 0.228 e. The summed E-state index contributed by atoms with van der Waals surface area (Å²) in [6.07, 6.45) is 0. The second kappa shape index (κ2) is 6.61. The Balaban J connectivity index is 2.74. The van der Waals surface area contributed by atoms with Crippen LogP contribution in [-0.2, 0) is 4.79 Å². The van der Waals surface area contributed by atoms with E-state index in [1.165, 1.54) is 0 Å². The van der Waals surface area contributed by atoms with Gasteiger partial charge in [0.05, 0.1) is 17.5 Å². The van der Waals surface area contributed by atoms with Gasteiger partial charge in [0.15, 0.2) is 0 Å². The minimum absolute atomic E-state index is 0.120. The van der Waals surface area contributed by atoms with Crippen LogP contribution in [0.4, 0.5) is 5.69 Å². The lowest BCUT2D eigenvalue weighted by molar-refractivity contribution is -0.119. The molecule has 0 aliphatic carbocycles. The maximum absolute atomic E-state index is 11.8. The van der Waals surface area contributed by atoms with Crippen molar-refractivity contribution in [1.82, 2.24) is 0 Å². The summed E-state index contributed by atoms with van der Waals surface area (Å²) in [5, 5.41) is 3.25. The Hall–Kier alpha value is -1.26. The lowest BCUT2D eigenvalue weighted by Crippen LogP contribution is -2.34. The third-order valence-electron chi connectivity index (χ3n) is 2.70. The van der Waals surface area contributed by atoms with E-state index in [2.05, 4.69) is 5.32 Å². The fraction of sp³-hybridized carbons (Fsp3) is 0.462. The third-order valence-corrected chi connectivity index (χ3v) is 3.00. The molecular weight excluding hydrogens is 252 g/mol. The van der Waals surface area contributed by atoms with Crippen LogP contribution in [0.3, 0.4) is 0 Å². The highest BCUT2D eigenvalue weighted by atomic mass is 35.5. The lowest BCUT2D eigenvalue weighted by Gasteiger charge is -2.16. The van der Waals surface area contributed by atoms with Crippen molar-refractivity contribution >= 4 is 23.2 Å². The SMILES string of the molecule is CCOc1ccc(NC(=O)C(C)C(C)N)cc1Cl. The summed E-state index contributed by atoms with van der Waals surface area (Å²) in [6.45, 7) is 6.02. The number of hydrogen-bond acceptors (Lipinski definition) is 3. The first-order valence-corrected chi connectivity index (χ1v) is 6.32. The molecular formula is C13H19ClN2O2. The summed E-state index contributed by atoms with van der Waals surface area (Å²) >= 11 is 6.03. The molecule has 0 heterocycles. The molecule has 0 spiro atoms. The molecule has 4 nitrogen and oxygen atoms in total. The molecule has 0 bridgehead atoms. The Bertz CT molecular complexity index is 421. The van der Waals surface area contributed by atoms with E-state index >= 15 is 0 Å². The van der Waals surface area contributed by atoms with Gasteiger partial charge in [-0.3, -0.25) is 4.79 Å². The predicted molar refractivity (Wildman–Crippen MR) is 74.1 cm³/mol. The molecule has 0 aliphatic heterocycles. The van der Waals surface area contributed by atoms with Crippen molar-refractivity contribution in [2.45, 2.75) is 26.8 Å². The van der Waals surface area contributed by atoms with E-state index in [0.29, 0.717) is 23.1 Å². The van der Waals surface area contributed by atoms with E-state index < -0.39 is 0 Å². The Morgan fingerprint density at radius 2 is 2.17 bits per heavy atom. The predicted octanol–water partition coefficient (Wildman–Crippen LogP) is 2.66. The highest BCUT2D eigenvalue weighted by Gasteiger charge is 2.17. The number of ether oxygens (including phenoxy) is 1. The molecule has 0 aliphatic rings. The molecule has 0 radical (unpaired) electrons. The van der Waals surface area contributed by atoms with Crippen molar-refractivity contribution in [1.29, 1.82) is 0 Å². The quantitative estimate of drug-likeness (QED) is 0.865. The van der Waals surface area contributed by atoms with Gasteiger partial charge in [-0.05, 0) is 32.0 Å². The molecule has 0 saturated heterocycles. The molecule has 1 amide bonds. The van der Waals surface area contributed by atoms with Crippen LogP contribution in [0.5, 0.6) is 5.75 Å². The highest BCUT2D eigenvalue weighted by Crippen LogP contribution is 2.27. The number of carbonyl (C=O) groups excluding carboxylic acids is 1. The molecule has 2 unspecified atom stereocenters. The molecule has 0 saturated carbocycles. The summed E-state index contributed by atoms with van der Waals surface area (Å²) in [7, 11) is 0. The topological polar surface area (TPSA) is 64.3 Å². The van der Waals surface area contributed by atoms with Crippen LogP contribution in [0.25, 0.3) is 0 Å². The fourth-order valence-corrected chi connectivity index (χ4v) is 1.58. The van der Waals surface area contributed by atoms with E-state index in [1.807, 2.05) is 6.92 Å². The Morgan fingerprint density at radius 3 is 2.67 bits per heavy atom. The summed E-state index contributed by atoms with van der Waals surface area (Å²) in [5.41, 5.74) is 6.32. The van der Waals surface area contributed by atoms with Gasteiger partial charge in [0.1, 0.15) is 5.75 Å². The number of benzene rings is 1. The van der Waals surface area contributed by atoms with Crippen molar-refractivity contribution < 1.29 is 9.53 Å². The van der Waals surface area contributed by atoms with Crippen LogP contribution in [-0.4, -0.2) is 18.6 Å². The van der Waals surface area contributed by atoms with Gasteiger partial charge in [-0.15, -0.1) is 0 Å². The number of carbonyl (C=O) groups is 1. The summed E-state index contributed by atoms with van der Waals surface area (Å²) in [4.78, 5) is 11.8. The zero-order chi connectivity index (χ0) is 13.7. The van der Waals surface area contributed by atoms with Gasteiger partial charge in [-0.25, -0.2) is 0 Å². The Kier molecular flexibility index (Phi) is 5.44. The molecule has 5 heteroatoms. The van der Waals surface area contributed by atoms with Gasteiger partial charge in [0.25, 0.3) is 0 Å². The molecule has 3 N–H and O–H groups in total. The largest absolute Gasteiger partial charge is 0.492 e. The first-order valence-electron chi connectivity index (χ1n) is 5.94. The van der Waals surface area contributed by atoms with Crippen molar-refractivity contribution in [3.8, 4) is 5.75 Å². The van der Waals surface area contributed by atoms with E-state index in [4.69, 9.17) is 22.1 Å². The number of anilines is 1. The highest BCUT2D eigenvalue weighted by molar-refractivity contribution is 6.32. The second-order valence-corrected chi connectivity index (χ2v) is 4.62.